The summed E-state index contributed by atoms with van der Waals surface area (Å²) in [4.78, 5) is 11.2. The van der Waals surface area contributed by atoms with Crippen molar-refractivity contribution in [3.63, 3.8) is 0 Å². The van der Waals surface area contributed by atoms with Gasteiger partial charge in [0.25, 0.3) is 0 Å². The van der Waals surface area contributed by atoms with Gasteiger partial charge in [-0.15, -0.1) is 0 Å². The molecule has 16 heavy (non-hydrogen) atoms. The van der Waals surface area contributed by atoms with E-state index in [1.54, 1.807) is 0 Å². The summed E-state index contributed by atoms with van der Waals surface area (Å²) < 4.78 is 0. The first-order chi connectivity index (χ1) is 7.70. The Morgan fingerprint density at radius 3 is 2.06 bits per heavy atom. The molecule has 0 aromatic rings. The van der Waals surface area contributed by atoms with E-state index in [4.69, 9.17) is 0 Å². The molecule has 0 aliphatic rings. The molecule has 0 aromatic carbocycles. The molecule has 0 aliphatic carbocycles. The molecule has 0 rings (SSSR count). The minimum atomic E-state index is 0.426. The van der Waals surface area contributed by atoms with Crippen molar-refractivity contribution in [1.29, 1.82) is 0 Å². The van der Waals surface area contributed by atoms with Crippen LogP contribution in [-0.2, 0) is 4.79 Å². The molecule has 0 fully saturated rings. The van der Waals surface area contributed by atoms with E-state index in [0.29, 0.717) is 18.1 Å². The molecule has 1 nitrogen and oxygen atoms in total. The molecule has 0 amide bonds. The third kappa shape index (κ3) is 10.2. The zero-order chi connectivity index (χ0) is 12.2. The first-order valence-corrected chi connectivity index (χ1v) is 7.22. The third-order valence-corrected chi connectivity index (χ3v) is 3.27. The summed E-state index contributed by atoms with van der Waals surface area (Å²) in [7, 11) is 0. The number of rotatable bonds is 11. The average Bonchev–Trinajstić information content (AvgIpc) is 2.27. The standard InChI is InChI=1S/C15H30O/c1-4-6-7-8-9-10-11-12-14(3)13-15(16)5-2/h14H,4-13H2,1-3H3. The number of hydrogen-bond acceptors (Lipinski definition) is 1. The molecule has 0 saturated carbocycles. The fraction of sp³-hybridized carbons (Fsp3) is 0.933. The second-order valence-electron chi connectivity index (χ2n) is 5.11. The van der Waals surface area contributed by atoms with Gasteiger partial charge >= 0.3 is 0 Å². The van der Waals surface area contributed by atoms with E-state index in [0.717, 1.165) is 6.42 Å². The Balaban J connectivity index is 3.21. The number of unbranched alkanes of at least 4 members (excludes halogenated alkanes) is 6. The molecule has 0 aromatic heterocycles. The SMILES string of the molecule is CCCCCCCCCC(C)CC(=O)CC. The number of Topliss-reactive ketones (excluding diaryl/α,β-unsaturated/α-hetero) is 1. The molecule has 0 aliphatic heterocycles. The molecule has 1 atom stereocenters. The molecule has 96 valence electrons. The predicted octanol–water partition coefficient (Wildman–Crippen LogP) is 5.13. The molecule has 0 N–H and O–H groups in total. The highest BCUT2D eigenvalue weighted by Crippen LogP contribution is 2.15. The highest BCUT2D eigenvalue weighted by molar-refractivity contribution is 5.78. The quantitative estimate of drug-likeness (QED) is 0.446. The lowest BCUT2D eigenvalue weighted by atomic mass is 9.96. The lowest BCUT2D eigenvalue weighted by Gasteiger charge is -2.09. The summed E-state index contributed by atoms with van der Waals surface area (Å²) in [6.07, 6.45) is 12.3. The minimum absolute atomic E-state index is 0.426. The van der Waals surface area contributed by atoms with Crippen molar-refractivity contribution in [3.8, 4) is 0 Å². The Bertz CT molecular complexity index is 163. The van der Waals surface area contributed by atoms with Crippen molar-refractivity contribution >= 4 is 5.78 Å². The maximum Gasteiger partial charge on any atom is 0.132 e. The van der Waals surface area contributed by atoms with Crippen LogP contribution in [0.5, 0.6) is 0 Å². The number of carbonyl (C=O) groups is 1. The molecule has 0 bridgehead atoms. The van der Waals surface area contributed by atoms with Crippen LogP contribution in [-0.4, -0.2) is 5.78 Å². The van der Waals surface area contributed by atoms with Crippen LogP contribution in [0, 0.1) is 5.92 Å². The number of carbonyl (C=O) groups excluding carboxylic acids is 1. The van der Waals surface area contributed by atoms with Crippen molar-refractivity contribution in [3.05, 3.63) is 0 Å². The normalized spacial score (nSPS) is 12.7. The smallest absolute Gasteiger partial charge is 0.132 e. The van der Waals surface area contributed by atoms with Gasteiger partial charge in [0.05, 0.1) is 0 Å². The van der Waals surface area contributed by atoms with Gasteiger partial charge in [0.2, 0.25) is 0 Å². The predicted molar refractivity (Wildman–Crippen MR) is 71.7 cm³/mol. The second-order valence-corrected chi connectivity index (χ2v) is 5.11. The monoisotopic (exact) mass is 226 g/mol. The lowest BCUT2D eigenvalue weighted by Crippen LogP contribution is -2.04. The summed E-state index contributed by atoms with van der Waals surface area (Å²) in [6.45, 7) is 6.43. The molecular formula is C15H30O. The fourth-order valence-corrected chi connectivity index (χ4v) is 2.08. The Hall–Kier alpha value is -0.330. The van der Waals surface area contributed by atoms with Crippen LogP contribution < -0.4 is 0 Å². The zero-order valence-corrected chi connectivity index (χ0v) is 11.6. The summed E-state index contributed by atoms with van der Waals surface area (Å²) in [5, 5.41) is 0. The summed E-state index contributed by atoms with van der Waals surface area (Å²) in [5.41, 5.74) is 0. The maximum atomic E-state index is 11.2. The van der Waals surface area contributed by atoms with Crippen LogP contribution >= 0.6 is 0 Å². The van der Waals surface area contributed by atoms with Crippen molar-refractivity contribution < 1.29 is 4.79 Å². The van der Waals surface area contributed by atoms with Crippen LogP contribution in [0.2, 0.25) is 0 Å². The van der Waals surface area contributed by atoms with E-state index < -0.39 is 0 Å². The molecule has 0 radical (unpaired) electrons. The number of hydrogen-bond donors (Lipinski definition) is 0. The largest absolute Gasteiger partial charge is 0.300 e. The lowest BCUT2D eigenvalue weighted by molar-refractivity contribution is -0.119. The van der Waals surface area contributed by atoms with E-state index in [1.807, 2.05) is 6.92 Å². The summed E-state index contributed by atoms with van der Waals surface area (Å²) >= 11 is 0. The van der Waals surface area contributed by atoms with E-state index in [9.17, 15) is 4.79 Å². The van der Waals surface area contributed by atoms with E-state index in [2.05, 4.69) is 13.8 Å². The third-order valence-electron chi connectivity index (χ3n) is 3.27. The van der Waals surface area contributed by atoms with Gasteiger partial charge in [-0.05, 0) is 5.92 Å². The van der Waals surface area contributed by atoms with Crippen LogP contribution in [0.1, 0.15) is 85.0 Å². The van der Waals surface area contributed by atoms with Crippen molar-refractivity contribution in [2.75, 3.05) is 0 Å². The van der Waals surface area contributed by atoms with Gasteiger partial charge in [-0.3, -0.25) is 4.79 Å². The Morgan fingerprint density at radius 2 is 1.50 bits per heavy atom. The van der Waals surface area contributed by atoms with Gasteiger partial charge in [-0.25, -0.2) is 0 Å². The topological polar surface area (TPSA) is 17.1 Å². The first-order valence-electron chi connectivity index (χ1n) is 7.22. The van der Waals surface area contributed by atoms with Crippen molar-refractivity contribution in [1.82, 2.24) is 0 Å². The maximum absolute atomic E-state index is 11.2. The van der Waals surface area contributed by atoms with Gasteiger partial charge in [0.1, 0.15) is 5.78 Å². The molecule has 1 unspecified atom stereocenters. The van der Waals surface area contributed by atoms with Crippen molar-refractivity contribution in [2.45, 2.75) is 85.0 Å². The van der Waals surface area contributed by atoms with Crippen molar-refractivity contribution in [2.24, 2.45) is 5.92 Å². The first kappa shape index (κ1) is 15.7. The van der Waals surface area contributed by atoms with Gasteiger partial charge < -0.3 is 0 Å². The Kier molecular flexibility index (Phi) is 10.9. The summed E-state index contributed by atoms with van der Waals surface area (Å²) in [5.74, 6) is 1.03. The van der Waals surface area contributed by atoms with Crippen LogP contribution in [0.4, 0.5) is 0 Å². The second kappa shape index (κ2) is 11.2. The molecule has 0 spiro atoms. The Morgan fingerprint density at radius 1 is 0.938 bits per heavy atom. The Labute approximate surface area is 102 Å². The summed E-state index contributed by atoms with van der Waals surface area (Å²) in [6, 6.07) is 0. The highest BCUT2D eigenvalue weighted by Gasteiger charge is 2.06. The van der Waals surface area contributed by atoms with Gasteiger partial charge in [0, 0.05) is 12.8 Å². The van der Waals surface area contributed by atoms with E-state index in [-0.39, 0.29) is 0 Å². The molecular weight excluding hydrogens is 196 g/mol. The molecule has 0 saturated heterocycles. The molecule has 0 heterocycles. The van der Waals surface area contributed by atoms with Crippen LogP contribution in [0.25, 0.3) is 0 Å². The van der Waals surface area contributed by atoms with Gasteiger partial charge in [-0.1, -0.05) is 72.1 Å². The van der Waals surface area contributed by atoms with Crippen LogP contribution in [0.15, 0.2) is 0 Å². The zero-order valence-electron chi connectivity index (χ0n) is 11.6. The fourth-order valence-electron chi connectivity index (χ4n) is 2.08. The number of ketones is 1. The van der Waals surface area contributed by atoms with Crippen LogP contribution in [0.3, 0.4) is 0 Å². The van der Waals surface area contributed by atoms with E-state index >= 15 is 0 Å². The highest BCUT2D eigenvalue weighted by atomic mass is 16.1. The minimum Gasteiger partial charge on any atom is -0.300 e. The average molecular weight is 226 g/mol. The van der Waals surface area contributed by atoms with Gasteiger partial charge in [0.15, 0.2) is 0 Å². The van der Waals surface area contributed by atoms with Gasteiger partial charge in [-0.2, -0.15) is 0 Å². The van der Waals surface area contributed by atoms with E-state index in [1.165, 1.54) is 51.4 Å². The molecule has 1 heteroatoms.